The zero-order valence-corrected chi connectivity index (χ0v) is 21.1. The summed E-state index contributed by atoms with van der Waals surface area (Å²) in [7, 11) is 0. The van der Waals surface area contributed by atoms with Gasteiger partial charge in [-0.25, -0.2) is 4.79 Å². The lowest BCUT2D eigenvalue weighted by Gasteiger charge is -2.33. The van der Waals surface area contributed by atoms with Crippen LogP contribution >= 0.6 is 0 Å². The van der Waals surface area contributed by atoms with E-state index >= 15 is 0 Å². The van der Waals surface area contributed by atoms with Gasteiger partial charge in [-0.1, -0.05) is 73.1 Å². The smallest absolute Gasteiger partial charge is 0.343 e. The van der Waals surface area contributed by atoms with Gasteiger partial charge < -0.3 is 9.84 Å². The molecule has 1 N–H and O–H groups in total. The number of unbranched alkanes of at least 4 members (excludes halogenated alkanes) is 1. The van der Waals surface area contributed by atoms with Gasteiger partial charge in [-0.15, -0.1) is 0 Å². The predicted octanol–water partition coefficient (Wildman–Crippen LogP) is 7.99. The van der Waals surface area contributed by atoms with E-state index in [9.17, 15) is 9.90 Å². The van der Waals surface area contributed by atoms with Crippen LogP contribution in [0.15, 0.2) is 42.5 Å². The van der Waals surface area contributed by atoms with Gasteiger partial charge in [0.05, 0.1) is 5.56 Å². The molecule has 0 radical (unpaired) electrons. The molecule has 0 fully saturated rings. The van der Waals surface area contributed by atoms with E-state index in [-0.39, 0.29) is 16.8 Å². The van der Waals surface area contributed by atoms with Gasteiger partial charge >= 0.3 is 5.97 Å². The van der Waals surface area contributed by atoms with Crippen molar-refractivity contribution in [1.82, 2.24) is 0 Å². The molecule has 2 aromatic rings. The third kappa shape index (κ3) is 8.00. The minimum atomic E-state index is -0.378. The Kier molecular flexibility index (Phi) is 8.95. The summed E-state index contributed by atoms with van der Waals surface area (Å²) in [6.07, 6.45) is 5.70. The van der Waals surface area contributed by atoms with E-state index in [1.165, 1.54) is 0 Å². The van der Waals surface area contributed by atoms with Crippen molar-refractivity contribution < 1.29 is 14.6 Å². The second kappa shape index (κ2) is 11.0. The van der Waals surface area contributed by atoms with E-state index in [0.29, 0.717) is 23.0 Å². The minimum absolute atomic E-state index is 0.0990. The molecule has 0 heterocycles. The number of aryl methyl sites for hydroxylation is 1. The largest absolute Gasteiger partial charge is 0.507 e. The van der Waals surface area contributed by atoms with Crippen LogP contribution in [0.2, 0.25) is 0 Å². The first-order valence-electron chi connectivity index (χ1n) is 12.0. The number of hydrogen-bond donors (Lipinski definition) is 1. The van der Waals surface area contributed by atoms with Crippen molar-refractivity contribution in [2.45, 2.75) is 87.0 Å². The van der Waals surface area contributed by atoms with Crippen molar-refractivity contribution in [3.05, 3.63) is 59.2 Å². The monoisotopic (exact) mass is 438 g/mol. The van der Waals surface area contributed by atoms with Crippen molar-refractivity contribution in [3.63, 3.8) is 0 Å². The van der Waals surface area contributed by atoms with E-state index in [4.69, 9.17) is 4.74 Å². The van der Waals surface area contributed by atoms with Crippen molar-refractivity contribution in [3.8, 4) is 11.5 Å². The molecule has 0 spiro atoms. The van der Waals surface area contributed by atoms with Crippen molar-refractivity contribution in [2.24, 2.45) is 16.7 Å². The SMILES string of the molecule is CCCCc1cc(C(=O)Oc2ccccc2)cc(CC(CCC(C)(C)C)C(C)(C)C)c1O. The first-order chi connectivity index (χ1) is 14.9. The van der Waals surface area contributed by atoms with Crippen LogP contribution in [0.5, 0.6) is 11.5 Å². The fraction of sp³-hybridized carbons (Fsp3) is 0.552. The number of rotatable bonds is 9. The molecule has 0 amide bonds. The molecule has 1 unspecified atom stereocenters. The van der Waals surface area contributed by atoms with Gasteiger partial charge in [0, 0.05) is 0 Å². The van der Waals surface area contributed by atoms with Crippen LogP contribution in [-0.4, -0.2) is 11.1 Å². The highest BCUT2D eigenvalue weighted by Crippen LogP contribution is 2.39. The Bertz CT molecular complexity index is 870. The Balaban J connectivity index is 2.38. The molecule has 0 bridgehead atoms. The minimum Gasteiger partial charge on any atom is -0.507 e. The van der Waals surface area contributed by atoms with Crippen LogP contribution in [0.3, 0.4) is 0 Å². The molecule has 0 aromatic heterocycles. The van der Waals surface area contributed by atoms with Crippen molar-refractivity contribution in [1.29, 1.82) is 0 Å². The number of carbonyl (C=O) groups is 1. The molecule has 0 aliphatic heterocycles. The molecule has 0 aliphatic carbocycles. The Morgan fingerprint density at radius 1 is 1.00 bits per heavy atom. The third-order valence-corrected chi connectivity index (χ3v) is 6.19. The zero-order valence-electron chi connectivity index (χ0n) is 21.1. The van der Waals surface area contributed by atoms with Crippen LogP contribution < -0.4 is 4.74 Å². The van der Waals surface area contributed by atoms with Gasteiger partial charge in [-0.3, -0.25) is 0 Å². The standard InChI is InChI=1S/C29H42O3/c1-8-9-13-21-18-23(27(31)32-25-14-11-10-12-15-25)19-22(26(21)30)20-24(29(5,6)7)16-17-28(2,3)4/h10-12,14-15,18-19,24,30H,8-9,13,16-17,20H2,1-7H3. The number of phenols is 1. The molecular formula is C29H42O3. The van der Waals surface area contributed by atoms with Crippen LogP contribution in [-0.2, 0) is 12.8 Å². The summed E-state index contributed by atoms with van der Waals surface area (Å²) in [5.41, 5.74) is 2.57. The maximum absolute atomic E-state index is 12.9. The van der Waals surface area contributed by atoms with Crippen molar-refractivity contribution in [2.75, 3.05) is 0 Å². The quantitative estimate of drug-likeness (QED) is 0.319. The van der Waals surface area contributed by atoms with Crippen LogP contribution in [0.4, 0.5) is 0 Å². The van der Waals surface area contributed by atoms with Gasteiger partial charge in [-0.05, 0) is 84.2 Å². The average molecular weight is 439 g/mol. The summed E-state index contributed by atoms with van der Waals surface area (Å²) in [5.74, 6) is 0.893. The second-order valence-corrected chi connectivity index (χ2v) is 11.3. The van der Waals surface area contributed by atoms with E-state index in [2.05, 4.69) is 48.5 Å². The Morgan fingerprint density at radius 3 is 2.19 bits per heavy atom. The van der Waals surface area contributed by atoms with Crippen LogP contribution in [0.1, 0.15) is 95.6 Å². The lowest BCUT2D eigenvalue weighted by Crippen LogP contribution is -2.25. The van der Waals surface area contributed by atoms with Crippen LogP contribution in [0, 0.1) is 16.7 Å². The topological polar surface area (TPSA) is 46.5 Å². The van der Waals surface area contributed by atoms with Gasteiger partial charge in [0.15, 0.2) is 0 Å². The number of phenolic OH excluding ortho intramolecular Hbond substituents is 1. The van der Waals surface area contributed by atoms with Gasteiger partial charge in [-0.2, -0.15) is 0 Å². The van der Waals surface area contributed by atoms with Gasteiger partial charge in [0.25, 0.3) is 0 Å². The molecule has 2 rings (SSSR count). The Morgan fingerprint density at radius 2 is 1.62 bits per heavy atom. The Hall–Kier alpha value is -2.29. The average Bonchev–Trinajstić information content (AvgIpc) is 2.70. The molecule has 0 saturated carbocycles. The summed E-state index contributed by atoms with van der Waals surface area (Å²) < 4.78 is 5.60. The number of esters is 1. The molecule has 2 aromatic carbocycles. The zero-order chi connectivity index (χ0) is 23.9. The number of aromatic hydroxyl groups is 1. The first kappa shape index (κ1) is 26.0. The fourth-order valence-corrected chi connectivity index (χ4v) is 3.96. The lowest BCUT2D eigenvalue weighted by molar-refractivity contribution is 0.0734. The second-order valence-electron chi connectivity index (χ2n) is 11.3. The summed E-state index contributed by atoms with van der Waals surface area (Å²) >= 11 is 0. The molecule has 1 atom stereocenters. The van der Waals surface area contributed by atoms with E-state index in [0.717, 1.165) is 49.7 Å². The maximum Gasteiger partial charge on any atom is 0.343 e. The van der Waals surface area contributed by atoms with E-state index < -0.39 is 0 Å². The number of carbonyl (C=O) groups excluding carboxylic acids is 1. The van der Waals surface area contributed by atoms with Crippen molar-refractivity contribution >= 4 is 5.97 Å². The molecule has 176 valence electrons. The highest BCUT2D eigenvalue weighted by atomic mass is 16.5. The molecular weight excluding hydrogens is 396 g/mol. The van der Waals surface area contributed by atoms with E-state index in [1.807, 2.05) is 24.3 Å². The molecule has 32 heavy (non-hydrogen) atoms. The highest BCUT2D eigenvalue weighted by Gasteiger charge is 2.28. The third-order valence-electron chi connectivity index (χ3n) is 6.19. The predicted molar refractivity (Wildman–Crippen MR) is 133 cm³/mol. The fourth-order valence-electron chi connectivity index (χ4n) is 3.96. The van der Waals surface area contributed by atoms with Crippen LogP contribution in [0.25, 0.3) is 0 Å². The normalized spacial score (nSPS) is 13.1. The molecule has 3 nitrogen and oxygen atoms in total. The number of benzene rings is 2. The summed E-state index contributed by atoms with van der Waals surface area (Å²) in [6, 6.07) is 12.8. The number of para-hydroxylation sites is 1. The van der Waals surface area contributed by atoms with E-state index in [1.54, 1.807) is 18.2 Å². The first-order valence-corrected chi connectivity index (χ1v) is 12.0. The molecule has 0 saturated heterocycles. The van der Waals surface area contributed by atoms with Gasteiger partial charge in [0.2, 0.25) is 0 Å². The number of hydrogen-bond acceptors (Lipinski definition) is 3. The number of ether oxygens (including phenoxy) is 1. The summed E-state index contributed by atoms with van der Waals surface area (Å²) in [4.78, 5) is 12.9. The highest BCUT2D eigenvalue weighted by molar-refractivity contribution is 5.92. The summed E-state index contributed by atoms with van der Waals surface area (Å²) in [5, 5.41) is 11.1. The Labute approximate surface area is 195 Å². The van der Waals surface area contributed by atoms with Gasteiger partial charge in [0.1, 0.15) is 11.5 Å². The lowest BCUT2D eigenvalue weighted by atomic mass is 9.72. The molecule has 3 heteroatoms. The maximum atomic E-state index is 12.9. The molecule has 0 aliphatic rings. The summed E-state index contributed by atoms with van der Waals surface area (Å²) in [6.45, 7) is 15.7.